The van der Waals surface area contributed by atoms with Crippen molar-refractivity contribution in [3.8, 4) is 5.75 Å². The maximum absolute atomic E-state index is 11.5. The van der Waals surface area contributed by atoms with Crippen molar-refractivity contribution in [1.29, 1.82) is 0 Å². The van der Waals surface area contributed by atoms with Gasteiger partial charge in [0, 0.05) is 31.6 Å². The first-order valence-corrected chi connectivity index (χ1v) is 6.96. The zero-order valence-electron chi connectivity index (χ0n) is 10.8. The molecule has 0 saturated carbocycles. The highest BCUT2D eigenvalue weighted by atomic mass is 35.5. The first-order chi connectivity index (χ1) is 9.15. The van der Waals surface area contributed by atoms with Gasteiger partial charge in [-0.15, -0.1) is 12.4 Å². The Kier molecular flexibility index (Phi) is 7.45. The predicted octanol–water partition coefficient (Wildman–Crippen LogP) is 2.52. The molecule has 1 fully saturated rings. The molecule has 2 N–H and O–H groups in total. The Labute approximate surface area is 134 Å². The molecule has 0 aromatic heterocycles. The zero-order chi connectivity index (χ0) is 13.7. The van der Waals surface area contributed by atoms with Crippen molar-refractivity contribution in [2.75, 3.05) is 26.2 Å². The third-order valence-corrected chi connectivity index (χ3v) is 3.68. The Hall–Kier alpha value is -0.680. The largest absolute Gasteiger partial charge is 0.493 e. The molecule has 0 radical (unpaired) electrons. The number of carbonyl (C=O) groups is 1. The van der Waals surface area contributed by atoms with E-state index in [1.54, 1.807) is 18.2 Å². The standard InChI is InChI=1S/C13H16Cl2N2O2.ClH/c14-11-2-1-10(5-12(11)15)19-4-3-13(18)17-8-9-6-16-7-9;/h1-2,5,9,16H,3-4,6-8H2,(H,17,18);1H. The second kappa shape index (κ2) is 8.57. The summed E-state index contributed by atoms with van der Waals surface area (Å²) in [6.07, 6.45) is 0.334. The van der Waals surface area contributed by atoms with Gasteiger partial charge >= 0.3 is 0 Å². The van der Waals surface area contributed by atoms with Crippen molar-refractivity contribution in [3.05, 3.63) is 28.2 Å². The highest BCUT2D eigenvalue weighted by molar-refractivity contribution is 6.42. The van der Waals surface area contributed by atoms with Gasteiger partial charge < -0.3 is 15.4 Å². The van der Waals surface area contributed by atoms with Gasteiger partial charge in [-0.2, -0.15) is 0 Å². The maximum Gasteiger partial charge on any atom is 0.223 e. The summed E-state index contributed by atoms with van der Waals surface area (Å²) in [5.74, 6) is 1.19. The van der Waals surface area contributed by atoms with Crippen LogP contribution >= 0.6 is 35.6 Å². The van der Waals surface area contributed by atoms with Crippen molar-refractivity contribution < 1.29 is 9.53 Å². The molecule has 1 heterocycles. The van der Waals surface area contributed by atoms with Gasteiger partial charge in [0.05, 0.1) is 23.1 Å². The third-order valence-electron chi connectivity index (χ3n) is 2.94. The molecule has 0 spiro atoms. The van der Waals surface area contributed by atoms with E-state index in [0.29, 0.717) is 34.7 Å². The van der Waals surface area contributed by atoms with Gasteiger partial charge in [0.25, 0.3) is 0 Å². The van der Waals surface area contributed by atoms with Gasteiger partial charge in [0.15, 0.2) is 0 Å². The Balaban J connectivity index is 0.00000200. The number of rotatable bonds is 6. The number of hydrogen-bond acceptors (Lipinski definition) is 3. The van der Waals surface area contributed by atoms with E-state index in [2.05, 4.69) is 10.6 Å². The summed E-state index contributed by atoms with van der Waals surface area (Å²) < 4.78 is 5.44. The normalized spacial score (nSPS) is 14.1. The Morgan fingerprint density at radius 3 is 2.70 bits per heavy atom. The van der Waals surface area contributed by atoms with Crippen molar-refractivity contribution in [2.24, 2.45) is 5.92 Å². The molecule has 20 heavy (non-hydrogen) atoms. The number of nitrogens with one attached hydrogen (secondary N) is 2. The van der Waals surface area contributed by atoms with Crippen LogP contribution in [0.3, 0.4) is 0 Å². The van der Waals surface area contributed by atoms with Crippen LogP contribution in [0.5, 0.6) is 5.75 Å². The zero-order valence-corrected chi connectivity index (χ0v) is 13.2. The number of ether oxygens (including phenoxy) is 1. The number of benzene rings is 1. The van der Waals surface area contributed by atoms with E-state index >= 15 is 0 Å². The summed E-state index contributed by atoms with van der Waals surface area (Å²) in [6, 6.07) is 5.04. The van der Waals surface area contributed by atoms with Gasteiger partial charge in [-0.05, 0) is 12.1 Å². The molecule has 1 amide bonds. The minimum atomic E-state index is 0. The number of amides is 1. The summed E-state index contributed by atoms with van der Waals surface area (Å²) in [6.45, 7) is 3.03. The summed E-state index contributed by atoms with van der Waals surface area (Å²) in [5, 5.41) is 6.98. The van der Waals surface area contributed by atoms with Crippen LogP contribution in [0.2, 0.25) is 10.0 Å². The van der Waals surface area contributed by atoms with Crippen LogP contribution in [0.15, 0.2) is 18.2 Å². The van der Waals surface area contributed by atoms with Crippen LogP contribution in [0.4, 0.5) is 0 Å². The number of carbonyl (C=O) groups excluding carboxylic acids is 1. The summed E-state index contributed by atoms with van der Waals surface area (Å²) in [4.78, 5) is 11.5. The molecule has 1 aliphatic rings. The smallest absolute Gasteiger partial charge is 0.223 e. The Morgan fingerprint density at radius 2 is 2.10 bits per heavy atom. The van der Waals surface area contributed by atoms with Gasteiger partial charge in [0.1, 0.15) is 5.75 Å². The van der Waals surface area contributed by atoms with Crippen molar-refractivity contribution in [3.63, 3.8) is 0 Å². The van der Waals surface area contributed by atoms with E-state index in [4.69, 9.17) is 27.9 Å². The van der Waals surface area contributed by atoms with E-state index < -0.39 is 0 Å². The molecule has 1 aromatic rings. The lowest BCUT2D eigenvalue weighted by molar-refractivity contribution is -0.121. The summed E-state index contributed by atoms with van der Waals surface area (Å²) in [5.41, 5.74) is 0. The van der Waals surface area contributed by atoms with Gasteiger partial charge in [-0.1, -0.05) is 23.2 Å². The van der Waals surface area contributed by atoms with Crippen LogP contribution in [0, 0.1) is 5.92 Å². The molecular formula is C13H17Cl3N2O2. The first-order valence-electron chi connectivity index (χ1n) is 6.20. The fourth-order valence-electron chi connectivity index (χ4n) is 1.67. The highest BCUT2D eigenvalue weighted by Crippen LogP contribution is 2.26. The number of halogens is 3. The molecule has 2 rings (SSSR count). The summed E-state index contributed by atoms with van der Waals surface area (Å²) in [7, 11) is 0. The molecule has 4 nitrogen and oxygen atoms in total. The molecule has 0 unspecified atom stereocenters. The molecule has 1 aromatic carbocycles. The lowest BCUT2D eigenvalue weighted by atomic mass is 10.0. The van der Waals surface area contributed by atoms with Crippen LogP contribution in [0.1, 0.15) is 6.42 Å². The van der Waals surface area contributed by atoms with Crippen LogP contribution in [0.25, 0.3) is 0 Å². The third kappa shape index (κ3) is 5.37. The quantitative estimate of drug-likeness (QED) is 0.837. The molecule has 0 atom stereocenters. The number of hydrogen-bond donors (Lipinski definition) is 2. The summed E-state index contributed by atoms with van der Waals surface area (Å²) >= 11 is 11.7. The Bertz CT molecular complexity index is 453. The van der Waals surface area contributed by atoms with Crippen LogP contribution in [-0.4, -0.2) is 32.1 Å². The SMILES string of the molecule is Cl.O=C(CCOc1ccc(Cl)c(Cl)c1)NCC1CNC1. The first kappa shape index (κ1) is 17.4. The van der Waals surface area contributed by atoms with E-state index in [1.807, 2.05) is 0 Å². The average molecular weight is 340 g/mol. The molecular weight excluding hydrogens is 323 g/mol. The van der Waals surface area contributed by atoms with Crippen molar-refractivity contribution in [2.45, 2.75) is 6.42 Å². The van der Waals surface area contributed by atoms with Crippen LogP contribution in [-0.2, 0) is 4.79 Å². The van der Waals surface area contributed by atoms with Crippen LogP contribution < -0.4 is 15.4 Å². The molecule has 112 valence electrons. The molecule has 7 heteroatoms. The lowest BCUT2D eigenvalue weighted by Gasteiger charge is -2.27. The molecule has 1 aliphatic heterocycles. The molecule has 0 aliphatic carbocycles. The minimum Gasteiger partial charge on any atom is -0.493 e. The fraction of sp³-hybridized carbons (Fsp3) is 0.462. The highest BCUT2D eigenvalue weighted by Gasteiger charge is 2.16. The predicted molar refractivity (Wildman–Crippen MR) is 83.2 cm³/mol. The molecule has 0 bridgehead atoms. The van der Waals surface area contributed by atoms with E-state index in [-0.39, 0.29) is 18.3 Å². The lowest BCUT2D eigenvalue weighted by Crippen LogP contribution is -2.48. The van der Waals surface area contributed by atoms with Crippen molar-refractivity contribution >= 4 is 41.5 Å². The second-order valence-electron chi connectivity index (χ2n) is 4.50. The van der Waals surface area contributed by atoms with E-state index in [1.165, 1.54) is 0 Å². The van der Waals surface area contributed by atoms with E-state index in [0.717, 1.165) is 19.6 Å². The second-order valence-corrected chi connectivity index (χ2v) is 5.32. The van der Waals surface area contributed by atoms with Crippen molar-refractivity contribution in [1.82, 2.24) is 10.6 Å². The Morgan fingerprint density at radius 1 is 1.35 bits per heavy atom. The maximum atomic E-state index is 11.5. The van der Waals surface area contributed by atoms with Gasteiger partial charge in [0.2, 0.25) is 5.91 Å². The topological polar surface area (TPSA) is 50.4 Å². The van der Waals surface area contributed by atoms with Gasteiger partial charge in [-0.3, -0.25) is 4.79 Å². The van der Waals surface area contributed by atoms with Gasteiger partial charge in [-0.25, -0.2) is 0 Å². The minimum absolute atomic E-state index is 0. The molecule has 1 saturated heterocycles. The fourth-order valence-corrected chi connectivity index (χ4v) is 1.96. The monoisotopic (exact) mass is 338 g/mol. The van der Waals surface area contributed by atoms with E-state index in [9.17, 15) is 4.79 Å². The average Bonchev–Trinajstić information content (AvgIpc) is 2.32.